The molecule has 1 saturated heterocycles. The Morgan fingerprint density at radius 2 is 2.00 bits per heavy atom. The quantitative estimate of drug-likeness (QED) is 0.568. The van der Waals surface area contributed by atoms with Gasteiger partial charge in [-0.15, -0.1) is 0 Å². The lowest BCUT2D eigenvalue weighted by molar-refractivity contribution is 0.0967. The maximum atomic E-state index is 12.6. The average molecular weight is 464 g/mol. The van der Waals surface area contributed by atoms with Gasteiger partial charge in [0.2, 0.25) is 5.13 Å². The highest BCUT2D eigenvalue weighted by molar-refractivity contribution is 7.93. The van der Waals surface area contributed by atoms with Crippen molar-refractivity contribution in [1.82, 2.24) is 14.3 Å². The Bertz CT molecular complexity index is 1090. The predicted molar refractivity (Wildman–Crippen MR) is 119 cm³/mol. The Kier molecular flexibility index (Phi) is 6.35. The zero-order valence-electron chi connectivity index (χ0n) is 16.1. The van der Waals surface area contributed by atoms with Gasteiger partial charge in [-0.1, -0.05) is 54.4 Å². The van der Waals surface area contributed by atoms with E-state index in [2.05, 4.69) is 31.1 Å². The SMILES string of the molecule is N[C@@H](c1ccc(S(=O)(=O)Nc2ncns2)cc1Cl)N1CCCC[C@H]1c1ccccc1. The van der Waals surface area contributed by atoms with E-state index in [4.69, 9.17) is 17.3 Å². The van der Waals surface area contributed by atoms with E-state index >= 15 is 0 Å². The first-order valence-corrected chi connectivity index (χ1v) is 12.2. The highest BCUT2D eigenvalue weighted by Crippen LogP contribution is 2.37. The molecule has 0 saturated carbocycles. The predicted octanol–water partition coefficient (Wildman–Crippen LogP) is 4.18. The average Bonchev–Trinajstić information content (AvgIpc) is 3.26. The lowest BCUT2D eigenvalue weighted by Gasteiger charge is -2.40. The third-order valence-electron chi connectivity index (χ3n) is 5.27. The number of rotatable bonds is 6. The number of piperidine rings is 1. The molecular weight excluding hydrogens is 442 g/mol. The Hall–Kier alpha value is -2.04. The molecule has 1 aliphatic heterocycles. The van der Waals surface area contributed by atoms with E-state index in [1.54, 1.807) is 6.07 Å². The summed E-state index contributed by atoms with van der Waals surface area (Å²) in [4.78, 5) is 6.15. The summed E-state index contributed by atoms with van der Waals surface area (Å²) >= 11 is 7.46. The number of halogens is 1. The van der Waals surface area contributed by atoms with Crippen LogP contribution in [0, 0.1) is 0 Å². The van der Waals surface area contributed by atoms with Crippen molar-refractivity contribution in [3.8, 4) is 0 Å². The summed E-state index contributed by atoms with van der Waals surface area (Å²) in [5, 5.41) is 0.519. The van der Waals surface area contributed by atoms with Gasteiger partial charge in [0, 0.05) is 34.7 Å². The number of likely N-dealkylation sites (tertiary alicyclic amines) is 1. The van der Waals surface area contributed by atoms with E-state index in [0.717, 1.165) is 37.3 Å². The van der Waals surface area contributed by atoms with Crippen molar-refractivity contribution >= 4 is 38.3 Å². The zero-order valence-corrected chi connectivity index (χ0v) is 18.5. The summed E-state index contributed by atoms with van der Waals surface area (Å²) < 4.78 is 31.4. The summed E-state index contributed by atoms with van der Waals surface area (Å²) in [5.41, 5.74) is 8.56. The van der Waals surface area contributed by atoms with E-state index in [0.29, 0.717) is 10.6 Å². The van der Waals surface area contributed by atoms with Gasteiger partial charge in [-0.2, -0.15) is 4.37 Å². The Morgan fingerprint density at radius 3 is 2.70 bits per heavy atom. The van der Waals surface area contributed by atoms with Crippen molar-refractivity contribution < 1.29 is 8.42 Å². The summed E-state index contributed by atoms with van der Waals surface area (Å²) in [5.74, 6) is 0. The Labute approximate surface area is 185 Å². The number of hydrogen-bond acceptors (Lipinski definition) is 7. The minimum Gasteiger partial charge on any atom is -0.312 e. The highest BCUT2D eigenvalue weighted by atomic mass is 35.5. The lowest BCUT2D eigenvalue weighted by atomic mass is 9.94. The van der Waals surface area contributed by atoms with Gasteiger partial charge in [-0.25, -0.2) is 13.4 Å². The Morgan fingerprint density at radius 1 is 1.20 bits per heavy atom. The largest absolute Gasteiger partial charge is 0.312 e. The molecule has 0 radical (unpaired) electrons. The van der Waals surface area contributed by atoms with Crippen LogP contribution >= 0.6 is 23.1 Å². The summed E-state index contributed by atoms with van der Waals surface area (Å²) in [7, 11) is -3.81. The van der Waals surface area contributed by atoms with Crippen LogP contribution in [0.5, 0.6) is 0 Å². The molecular formula is C20H22ClN5O2S2. The van der Waals surface area contributed by atoms with Gasteiger partial charge in [-0.3, -0.25) is 9.62 Å². The molecule has 3 N–H and O–H groups in total. The summed E-state index contributed by atoms with van der Waals surface area (Å²) in [6, 6.07) is 15.1. The number of aromatic nitrogens is 2. The molecule has 1 fully saturated rings. The standard InChI is InChI=1S/C20H22ClN5O2S2/c21-17-12-15(30(27,28)25-20-23-13-24-29-20)9-10-16(17)19(22)26-11-5-4-8-18(26)14-6-2-1-3-7-14/h1-3,6-7,9-10,12-13,18-19H,4-5,8,11,22H2,(H,23,24,25)/t18-,19+/m0/s1. The van der Waals surface area contributed by atoms with E-state index < -0.39 is 16.2 Å². The molecule has 0 spiro atoms. The third kappa shape index (κ3) is 4.50. The topological polar surface area (TPSA) is 101 Å². The fraction of sp³-hybridized carbons (Fsp3) is 0.300. The van der Waals surface area contributed by atoms with Gasteiger partial charge in [0.05, 0.1) is 11.1 Å². The summed E-state index contributed by atoms with van der Waals surface area (Å²) in [6.45, 7) is 0.857. The normalized spacial score (nSPS) is 18.8. The molecule has 0 aliphatic carbocycles. The van der Waals surface area contributed by atoms with E-state index in [9.17, 15) is 8.42 Å². The van der Waals surface area contributed by atoms with Crippen molar-refractivity contribution in [2.24, 2.45) is 5.73 Å². The van der Waals surface area contributed by atoms with Gasteiger partial charge < -0.3 is 5.73 Å². The highest BCUT2D eigenvalue weighted by Gasteiger charge is 2.30. The number of benzene rings is 2. The van der Waals surface area contributed by atoms with Crippen LogP contribution in [0.4, 0.5) is 5.13 Å². The fourth-order valence-electron chi connectivity index (χ4n) is 3.81. The van der Waals surface area contributed by atoms with Gasteiger partial charge in [-0.05, 0) is 30.5 Å². The van der Waals surface area contributed by atoms with Gasteiger partial charge >= 0.3 is 0 Å². The van der Waals surface area contributed by atoms with Crippen LogP contribution in [0.15, 0.2) is 59.8 Å². The Balaban J connectivity index is 1.59. The van der Waals surface area contributed by atoms with Crippen LogP contribution in [0.1, 0.15) is 42.6 Å². The third-order valence-corrected chi connectivity index (χ3v) is 7.64. The van der Waals surface area contributed by atoms with Gasteiger partial charge in [0.15, 0.2) is 0 Å². The number of anilines is 1. The lowest BCUT2D eigenvalue weighted by Crippen LogP contribution is -2.40. The molecule has 1 aliphatic rings. The minimum atomic E-state index is -3.81. The molecule has 158 valence electrons. The number of sulfonamides is 1. The monoisotopic (exact) mass is 463 g/mol. The van der Waals surface area contributed by atoms with E-state index in [-0.39, 0.29) is 16.1 Å². The number of nitrogens with zero attached hydrogens (tertiary/aromatic N) is 3. The van der Waals surface area contributed by atoms with E-state index in [1.807, 2.05) is 18.2 Å². The van der Waals surface area contributed by atoms with Crippen molar-refractivity contribution in [2.75, 3.05) is 11.3 Å². The van der Waals surface area contributed by atoms with Crippen molar-refractivity contribution in [3.63, 3.8) is 0 Å². The zero-order chi connectivity index (χ0) is 21.1. The second kappa shape index (κ2) is 8.99. The van der Waals surface area contributed by atoms with Gasteiger partial charge in [0.1, 0.15) is 6.33 Å². The molecule has 2 aromatic carbocycles. The van der Waals surface area contributed by atoms with Crippen LogP contribution in [0.3, 0.4) is 0 Å². The molecule has 10 heteroatoms. The molecule has 2 atom stereocenters. The number of hydrogen-bond donors (Lipinski definition) is 2. The van der Waals surface area contributed by atoms with Crippen LogP contribution < -0.4 is 10.5 Å². The molecule has 2 heterocycles. The molecule has 1 aromatic heterocycles. The minimum absolute atomic E-state index is 0.0527. The van der Waals surface area contributed by atoms with Crippen molar-refractivity contribution in [2.45, 2.75) is 36.4 Å². The molecule has 3 aromatic rings. The van der Waals surface area contributed by atoms with Crippen molar-refractivity contribution in [1.29, 1.82) is 0 Å². The molecule has 0 bridgehead atoms. The van der Waals surface area contributed by atoms with Crippen molar-refractivity contribution in [3.05, 3.63) is 71.0 Å². The second-order valence-electron chi connectivity index (χ2n) is 7.14. The molecule has 4 rings (SSSR count). The molecule has 7 nitrogen and oxygen atoms in total. The molecule has 0 amide bonds. The van der Waals surface area contributed by atoms with Crippen LogP contribution in [-0.2, 0) is 10.0 Å². The van der Waals surface area contributed by atoms with Crippen LogP contribution in [-0.4, -0.2) is 29.2 Å². The smallest absolute Gasteiger partial charge is 0.263 e. The van der Waals surface area contributed by atoms with Crippen LogP contribution in [0.25, 0.3) is 0 Å². The number of nitrogens with one attached hydrogen (secondary N) is 1. The molecule has 0 unspecified atom stereocenters. The van der Waals surface area contributed by atoms with E-state index in [1.165, 1.54) is 24.0 Å². The van der Waals surface area contributed by atoms with Crippen LogP contribution in [0.2, 0.25) is 5.02 Å². The summed E-state index contributed by atoms with van der Waals surface area (Å²) in [6.07, 6.45) is 4.08. The molecule has 30 heavy (non-hydrogen) atoms. The first-order chi connectivity index (χ1) is 14.5. The second-order valence-corrected chi connectivity index (χ2v) is 10.0. The first kappa shape index (κ1) is 21.2. The first-order valence-electron chi connectivity index (χ1n) is 9.61. The maximum Gasteiger partial charge on any atom is 0.263 e. The maximum absolute atomic E-state index is 12.6. The van der Waals surface area contributed by atoms with Gasteiger partial charge in [0.25, 0.3) is 10.0 Å². The fourth-order valence-corrected chi connectivity index (χ4v) is 5.85. The number of nitrogens with two attached hydrogens (primary N) is 1.